The van der Waals surface area contributed by atoms with Crippen LogP contribution < -0.4 is 25.8 Å². The molecule has 242 valence electrons. The summed E-state index contributed by atoms with van der Waals surface area (Å²) in [4.78, 5) is 28.8. The van der Waals surface area contributed by atoms with Gasteiger partial charge in [-0.1, -0.05) is 17.8 Å². The number of sulfonamides is 1. The van der Waals surface area contributed by atoms with Gasteiger partial charge in [0.2, 0.25) is 0 Å². The van der Waals surface area contributed by atoms with Gasteiger partial charge in [-0.3, -0.25) is 29.5 Å². The maximum Gasteiger partial charge on any atom is 0.288 e. The highest BCUT2D eigenvalue weighted by Crippen LogP contribution is 2.30. The number of rotatable bonds is 12. The summed E-state index contributed by atoms with van der Waals surface area (Å²) in [6.07, 6.45) is 2.65. The van der Waals surface area contributed by atoms with E-state index in [9.17, 15) is 32.1 Å². The molecule has 13 nitrogen and oxygen atoms in total. The van der Waals surface area contributed by atoms with Crippen molar-refractivity contribution in [2.24, 2.45) is 5.10 Å². The third kappa shape index (κ3) is 7.64. The van der Waals surface area contributed by atoms with Crippen LogP contribution in [0.4, 0.5) is 37.3 Å². The molecule has 0 amide bonds. The predicted molar refractivity (Wildman–Crippen MR) is 176 cm³/mol. The number of hydrogen-bond donors (Lipinski definition) is 3. The maximum absolute atomic E-state index is 13.6. The Morgan fingerprint density at radius 3 is 2.43 bits per heavy atom. The average Bonchev–Trinajstić information content (AvgIpc) is 3.04. The number of thioether (sulfide) groups is 1. The van der Waals surface area contributed by atoms with Crippen molar-refractivity contribution in [3.8, 4) is 5.75 Å². The second-order valence-corrected chi connectivity index (χ2v) is 12.4. The van der Waals surface area contributed by atoms with Crippen LogP contribution in [0.1, 0.15) is 11.1 Å². The molecule has 2 aromatic heterocycles. The SMILES string of the molecule is COc1ccc(NS(=O)(=O)c2cc([N+](=O)[O-])ccc2N/N=C/c2c(Nc3ccc(SC(F)F)cc3)nc3c(C)cccn3c2=O)cc1. The molecule has 0 spiro atoms. The number of hydrogen-bond acceptors (Lipinski definition) is 11. The molecule has 47 heavy (non-hydrogen) atoms. The van der Waals surface area contributed by atoms with Gasteiger partial charge in [0, 0.05) is 34.6 Å². The number of methoxy groups -OCH3 is 1. The predicted octanol–water partition coefficient (Wildman–Crippen LogP) is 6.22. The lowest BCUT2D eigenvalue weighted by Crippen LogP contribution is -2.22. The number of aromatic nitrogens is 2. The second-order valence-electron chi connectivity index (χ2n) is 9.73. The molecule has 0 aliphatic rings. The summed E-state index contributed by atoms with van der Waals surface area (Å²) in [5.74, 6) is -2.01. The molecule has 2 heterocycles. The number of aryl methyl sites for hydroxylation is 1. The van der Waals surface area contributed by atoms with Crippen molar-refractivity contribution < 1.29 is 26.9 Å². The van der Waals surface area contributed by atoms with Gasteiger partial charge in [-0.2, -0.15) is 13.9 Å². The Balaban J connectivity index is 1.51. The molecular formula is C30H25F2N7O6S2. The number of benzene rings is 3. The van der Waals surface area contributed by atoms with Crippen molar-refractivity contribution in [3.63, 3.8) is 0 Å². The first kappa shape index (κ1) is 32.8. The van der Waals surface area contributed by atoms with E-state index in [1.807, 2.05) is 0 Å². The summed E-state index contributed by atoms with van der Waals surface area (Å²) in [5.41, 5.74) is 3.08. The first-order chi connectivity index (χ1) is 22.4. The largest absolute Gasteiger partial charge is 0.497 e. The van der Waals surface area contributed by atoms with Gasteiger partial charge in [0.1, 0.15) is 27.7 Å². The fourth-order valence-corrected chi connectivity index (χ4v) is 6.09. The van der Waals surface area contributed by atoms with Crippen molar-refractivity contribution >= 4 is 62.2 Å². The van der Waals surface area contributed by atoms with Crippen molar-refractivity contribution in [1.82, 2.24) is 9.38 Å². The molecule has 3 aromatic carbocycles. The van der Waals surface area contributed by atoms with Crippen molar-refractivity contribution in [1.29, 1.82) is 0 Å². The number of nitro benzene ring substituents is 1. The average molecular weight is 682 g/mol. The van der Waals surface area contributed by atoms with E-state index in [4.69, 9.17) is 4.74 Å². The fourth-order valence-electron chi connectivity index (χ4n) is 4.35. The number of halogens is 2. The summed E-state index contributed by atoms with van der Waals surface area (Å²) in [7, 11) is -2.93. The van der Waals surface area contributed by atoms with Crippen LogP contribution in [0, 0.1) is 17.0 Å². The normalized spacial score (nSPS) is 11.6. The minimum Gasteiger partial charge on any atom is -0.497 e. The summed E-state index contributed by atoms with van der Waals surface area (Å²) in [6, 6.07) is 18.7. The number of non-ortho nitro benzene ring substituents is 1. The first-order valence-electron chi connectivity index (χ1n) is 13.5. The number of hydrazone groups is 1. The minimum absolute atomic E-state index is 0.0330. The van der Waals surface area contributed by atoms with E-state index in [0.29, 0.717) is 39.3 Å². The molecule has 0 fully saturated rings. The molecule has 0 aliphatic carbocycles. The van der Waals surface area contributed by atoms with E-state index < -0.39 is 36.8 Å². The quantitative estimate of drug-likeness (QED) is 0.0594. The van der Waals surface area contributed by atoms with Crippen LogP contribution in [-0.4, -0.2) is 41.8 Å². The first-order valence-corrected chi connectivity index (χ1v) is 15.9. The molecular weight excluding hydrogens is 657 g/mol. The molecule has 0 atom stereocenters. The highest BCUT2D eigenvalue weighted by atomic mass is 32.2. The van der Waals surface area contributed by atoms with E-state index in [1.165, 1.54) is 60.2 Å². The van der Waals surface area contributed by atoms with E-state index in [-0.39, 0.29) is 22.8 Å². The number of ether oxygens (including phenoxy) is 1. The van der Waals surface area contributed by atoms with Gasteiger partial charge in [0.05, 0.1) is 23.9 Å². The lowest BCUT2D eigenvalue weighted by atomic mass is 10.2. The topological polar surface area (TPSA) is 169 Å². The van der Waals surface area contributed by atoms with Crippen LogP contribution in [0.25, 0.3) is 5.65 Å². The van der Waals surface area contributed by atoms with Crippen molar-refractivity contribution in [3.05, 3.63) is 117 Å². The zero-order valence-electron chi connectivity index (χ0n) is 24.5. The van der Waals surface area contributed by atoms with Crippen LogP contribution in [0.2, 0.25) is 0 Å². The Labute approximate surface area is 270 Å². The Kier molecular flexibility index (Phi) is 9.67. The van der Waals surface area contributed by atoms with Crippen LogP contribution >= 0.6 is 11.8 Å². The Bertz CT molecular complexity index is 2140. The van der Waals surface area contributed by atoms with Crippen molar-refractivity contribution in [2.45, 2.75) is 22.5 Å². The molecule has 3 N–H and O–H groups in total. The number of nitro groups is 1. The van der Waals surface area contributed by atoms with Gasteiger partial charge in [-0.25, -0.2) is 13.4 Å². The van der Waals surface area contributed by atoms with E-state index in [2.05, 4.69) is 25.6 Å². The zero-order chi connectivity index (χ0) is 33.7. The van der Waals surface area contributed by atoms with Crippen LogP contribution in [-0.2, 0) is 10.0 Å². The smallest absolute Gasteiger partial charge is 0.288 e. The summed E-state index contributed by atoms with van der Waals surface area (Å²) in [5, 5.41) is 18.6. The molecule has 0 unspecified atom stereocenters. The Morgan fingerprint density at radius 2 is 1.77 bits per heavy atom. The molecule has 0 saturated carbocycles. The number of alkyl halides is 2. The summed E-state index contributed by atoms with van der Waals surface area (Å²) < 4.78 is 61.1. The van der Waals surface area contributed by atoms with Gasteiger partial charge in [0.25, 0.3) is 27.0 Å². The highest BCUT2D eigenvalue weighted by molar-refractivity contribution is 7.99. The van der Waals surface area contributed by atoms with Gasteiger partial charge >= 0.3 is 0 Å². The van der Waals surface area contributed by atoms with E-state index in [0.717, 1.165) is 18.3 Å². The maximum atomic E-state index is 13.6. The monoisotopic (exact) mass is 681 g/mol. The third-order valence-electron chi connectivity index (χ3n) is 6.61. The van der Waals surface area contributed by atoms with Gasteiger partial charge in [-0.05, 0) is 73.2 Å². The fraction of sp³-hybridized carbons (Fsp3) is 0.100. The summed E-state index contributed by atoms with van der Waals surface area (Å²) in [6.45, 7) is 1.77. The van der Waals surface area contributed by atoms with Crippen LogP contribution in [0.3, 0.4) is 0 Å². The standard InChI is InChI=1S/C30H25F2N7O6S2/c1-18-4-3-15-38-28(18)35-27(34-19-7-12-23(13-8-19)46-30(31)32)24(29(38)40)17-33-36-25-14-9-21(39(41)42)16-26(25)47(43,44)37-20-5-10-22(45-2)11-6-20/h3-17,30,34,36-37H,1-2H3/b33-17+. The Morgan fingerprint density at radius 1 is 1.06 bits per heavy atom. The number of fused-ring (bicyclic) bond motifs is 1. The number of nitrogens with one attached hydrogen (secondary N) is 3. The van der Waals surface area contributed by atoms with Crippen LogP contribution in [0.15, 0.2) is 105 Å². The molecule has 0 radical (unpaired) electrons. The summed E-state index contributed by atoms with van der Waals surface area (Å²) >= 11 is 0.390. The second kappa shape index (κ2) is 13.8. The Hall–Kier alpha value is -5.55. The van der Waals surface area contributed by atoms with Gasteiger partial charge in [-0.15, -0.1) is 0 Å². The minimum atomic E-state index is -4.39. The molecule has 0 saturated heterocycles. The zero-order valence-corrected chi connectivity index (χ0v) is 26.2. The number of nitrogens with zero attached hydrogens (tertiary/aromatic N) is 4. The highest BCUT2D eigenvalue weighted by Gasteiger charge is 2.23. The van der Waals surface area contributed by atoms with E-state index in [1.54, 1.807) is 31.2 Å². The molecule has 5 rings (SSSR count). The van der Waals surface area contributed by atoms with Gasteiger partial charge in [0.15, 0.2) is 0 Å². The molecule has 5 aromatic rings. The van der Waals surface area contributed by atoms with E-state index >= 15 is 0 Å². The third-order valence-corrected chi connectivity index (χ3v) is 8.76. The molecule has 17 heteroatoms. The number of pyridine rings is 1. The van der Waals surface area contributed by atoms with Crippen LogP contribution in [0.5, 0.6) is 5.75 Å². The molecule has 0 bridgehead atoms. The lowest BCUT2D eigenvalue weighted by molar-refractivity contribution is -0.385. The lowest BCUT2D eigenvalue weighted by Gasteiger charge is -2.13. The van der Waals surface area contributed by atoms with Gasteiger partial charge < -0.3 is 10.1 Å². The molecule has 0 aliphatic heterocycles. The number of anilines is 4. The van der Waals surface area contributed by atoms with Crippen molar-refractivity contribution in [2.75, 3.05) is 22.6 Å².